The van der Waals surface area contributed by atoms with Crippen molar-refractivity contribution in [1.29, 1.82) is 0 Å². The van der Waals surface area contributed by atoms with Gasteiger partial charge in [0.05, 0.1) is 17.8 Å². The number of hydrogen-bond donors (Lipinski definition) is 2. The van der Waals surface area contributed by atoms with Crippen LogP contribution >= 0.6 is 23.2 Å². The van der Waals surface area contributed by atoms with Crippen molar-refractivity contribution >= 4 is 29.1 Å². The molecule has 0 atom stereocenters. The number of aliphatic hydroxyl groups is 1. The Morgan fingerprint density at radius 1 is 1.07 bits per heavy atom. The van der Waals surface area contributed by atoms with E-state index in [4.69, 9.17) is 27.9 Å². The molecule has 0 fully saturated rings. The van der Waals surface area contributed by atoms with Crippen LogP contribution in [0.3, 0.4) is 0 Å². The second-order valence-corrected chi connectivity index (χ2v) is 8.02. The molecule has 0 bridgehead atoms. The standard InChI is InChI=1S/C22H20Cl2N2O3/c1-22(2,13-27)26-21(28)15-6-3-5-14(9-15)19-7-4-8-20(25-19)29-18-11-16(23)10-17(24)12-18/h3-12,27H,13H2,1-2H3,(H,26,28). The molecule has 0 saturated carbocycles. The predicted octanol–water partition coefficient (Wildman–Crippen LogP) is 5.35. The molecule has 0 aliphatic carbocycles. The summed E-state index contributed by atoms with van der Waals surface area (Å²) in [5.41, 5.74) is 1.16. The molecule has 1 aromatic heterocycles. The molecule has 0 spiro atoms. The third kappa shape index (κ3) is 5.70. The van der Waals surface area contributed by atoms with E-state index in [1.807, 2.05) is 18.2 Å². The second kappa shape index (κ2) is 8.82. The van der Waals surface area contributed by atoms with Gasteiger partial charge in [-0.25, -0.2) is 4.98 Å². The Morgan fingerprint density at radius 2 is 1.76 bits per heavy atom. The van der Waals surface area contributed by atoms with Gasteiger partial charge < -0.3 is 15.2 Å². The fourth-order valence-corrected chi connectivity index (χ4v) is 3.09. The largest absolute Gasteiger partial charge is 0.439 e. The van der Waals surface area contributed by atoms with Crippen LogP contribution in [0.1, 0.15) is 24.2 Å². The van der Waals surface area contributed by atoms with Crippen molar-refractivity contribution in [2.75, 3.05) is 6.61 Å². The van der Waals surface area contributed by atoms with Gasteiger partial charge in [0.15, 0.2) is 0 Å². The Labute approximate surface area is 179 Å². The molecule has 3 rings (SSSR count). The van der Waals surface area contributed by atoms with Gasteiger partial charge in [-0.05, 0) is 50.2 Å². The van der Waals surface area contributed by atoms with Crippen LogP contribution < -0.4 is 10.1 Å². The first-order chi connectivity index (χ1) is 13.8. The van der Waals surface area contributed by atoms with Gasteiger partial charge in [0.25, 0.3) is 5.91 Å². The van der Waals surface area contributed by atoms with Crippen molar-refractivity contribution in [3.63, 3.8) is 0 Å². The number of carbonyl (C=O) groups excluding carboxylic acids is 1. The van der Waals surface area contributed by atoms with Gasteiger partial charge in [0.1, 0.15) is 5.75 Å². The Bertz CT molecular complexity index is 1020. The van der Waals surface area contributed by atoms with E-state index < -0.39 is 5.54 Å². The maximum atomic E-state index is 12.5. The summed E-state index contributed by atoms with van der Waals surface area (Å²) in [5, 5.41) is 13.1. The number of aliphatic hydroxyl groups excluding tert-OH is 1. The number of ether oxygens (including phenoxy) is 1. The van der Waals surface area contributed by atoms with E-state index in [1.165, 1.54) is 0 Å². The third-order valence-corrected chi connectivity index (χ3v) is 4.49. The Morgan fingerprint density at radius 3 is 2.45 bits per heavy atom. The number of benzene rings is 2. The van der Waals surface area contributed by atoms with Crippen LogP contribution in [0, 0.1) is 0 Å². The monoisotopic (exact) mass is 430 g/mol. The highest BCUT2D eigenvalue weighted by atomic mass is 35.5. The number of aromatic nitrogens is 1. The summed E-state index contributed by atoms with van der Waals surface area (Å²) in [5.74, 6) is 0.579. The average molecular weight is 431 g/mol. The van der Waals surface area contributed by atoms with E-state index in [0.29, 0.717) is 32.9 Å². The molecule has 150 valence electrons. The summed E-state index contributed by atoms with van der Waals surface area (Å²) in [4.78, 5) is 17.0. The predicted molar refractivity (Wildman–Crippen MR) is 115 cm³/mol. The van der Waals surface area contributed by atoms with Crippen molar-refractivity contribution < 1.29 is 14.6 Å². The number of carbonyl (C=O) groups is 1. The molecule has 3 aromatic rings. The lowest BCUT2D eigenvalue weighted by atomic mass is 10.0. The van der Waals surface area contributed by atoms with E-state index in [1.54, 1.807) is 56.3 Å². The fourth-order valence-electron chi connectivity index (χ4n) is 2.58. The molecular weight excluding hydrogens is 411 g/mol. The highest BCUT2D eigenvalue weighted by Gasteiger charge is 2.20. The number of rotatable bonds is 6. The van der Waals surface area contributed by atoms with Crippen LogP contribution in [0.15, 0.2) is 60.7 Å². The van der Waals surface area contributed by atoms with E-state index in [2.05, 4.69) is 10.3 Å². The second-order valence-electron chi connectivity index (χ2n) is 7.15. The minimum Gasteiger partial charge on any atom is -0.439 e. The number of nitrogens with zero attached hydrogens (tertiary/aromatic N) is 1. The third-order valence-electron chi connectivity index (χ3n) is 4.05. The molecule has 29 heavy (non-hydrogen) atoms. The lowest BCUT2D eigenvalue weighted by molar-refractivity contribution is 0.0869. The summed E-state index contributed by atoms with van der Waals surface area (Å²) < 4.78 is 5.77. The van der Waals surface area contributed by atoms with Gasteiger partial charge in [-0.3, -0.25) is 4.79 Å². The Hall–Kier alpha value is -2.60. The lowest BCUT2D eigenvalue weighted by Crippen LogP contribution is -2.46. The maximum Gasteiger partial charge on any atom is 0.251 e. The topological polar surface area (TPSA) is 71.5 Å². The van der Waals surface area contributed by atoms with E-state index >= 15 is 0 Å². The minimum atomic E-state index is -0.711. The van der Waals surface area contributed by atoms with E-state index in [9.17, 15) is 9.90 Å². The Balaban J connectivity index is 1.84. The molecule has 2 aromatic carbocycles. The van der Waals surface area contributed by atoms with Crippen LogP contribution in [-0.4, -0.2) is 28.1 Å². The van der Waals surface area contributed by atoms with Crippen LogP contribution in [0.2, 0.25) is 10.0 Å². The smallest absolute Gasteiger partial charge is 0.251 e. The number of halogens is 2. The van der Waals surface area contributed by atoms with Crippen molar-refractivity contribution in [3.05, 3.63) is 76.3 Å². The fraction of sp³-hybridized carbons (Fsp3) is 0.182. The molecule has 1 heterocycles. The van der Waals surface area contributed by atoms with Crippen molar-refractivity contribution in [1.82, 2.24) is 10.3 Å². The SMILES string of the molecule is CC(C)(CO)NC(=O)c1cccc(-c2cccc(Oc3cc(Cl)cc(Cl)c3)n2)c1. The lowest BCUT2D eigenvalue weighted by Gasteiger charge is -2.23. The zero-order chi connectivity index (χ0) is 21.0. The van der Waals surface area contributed by atoms with E-state index in [0.717, 1.165) is 5.56 Å². The molecule has 0 radical (unpaired) electrons. The van der Waals surface area contributed by atoms with Gasteiger partial charge in [-0.1, -0.05) is 41.4 Å². The molecule has 7 heteroatoms. The van der Waals surface area contributed by atoms with Gasteiger partial charge in [0.2, 0.25) is 5.88 Å². The first-order valence-electron chi connectivity index (χ1n) is 8.90. The highest BCUT2D eigenvalue weighted by Crippen LogP contribution is 2.29. The molecule has 0 aliphatic rings. The molecule has 1 amide bonds. The van der Waals surface area contributed by atoms with Crippen LogP contribution in [0.4, 0.5) is 0 Å². The summed E-state index contributed by atoms with van der Waals surface area (Å²) in [7, 11) is 0. The van der Waals surface area contributed by atoms with Gasteiger partial charge >= 0.3 is 0 Å². The summed E-state index contributed by atoms with van der Waals surface area (Å²) >= 11 is 12.0. The van der Waals surface area contributed by atoms with Crippen molar-refractivity contribution in [3.8, 4) is 22.9 Å². The Kier molecular flexibility index (Phi) is 6.42. The summed E-state index contributed by atoms with van der Waals surface area (Å²) in [6.45, 7) is 3.34. The van der Waals surface area contributed by atoms with Gasteiger partial charge in [-0.15, -0.1) is 0 Å². The number of pyridine rings is 1. The van der Waals surface area contributed by atoms with Crippen molar-refractivity contribution in [2.45, 2.75) is 19.4 Å². The quantitative estimate of drug-likeness (QED) is 0.552. The molecule has 0 unspecified atom stereocenters. The molecular formula is C22H20Cl2N2O3. The molecule has 2 N–H and O–H groups in total. The van der Waals surface area contributed by atoms with Crippen LogP contribution in [0.5, 0.6) is 11.6 Å². The normalized spacial score (nSPS) is 11.2. The maximum absolute atomic E-state index is 12.5. The summed E-state index contributed by atoms with van der Waals surface area (Å²) in [6, 6.07) is 17.4. The molecule has 0 saturated heterocycles. The van der Waals surface area contributed by atoms with Crippen LogP contribution in [-0.2, 0) is 0 Å². The van der Waals surface area contributed by atoms with Gasteiger partial charge in [0, 0.05) is 27.2 Å². The average Bonchev–Trinajstić information content (AvgIpc) is 2.67. The van der Waals surface area contributed by atoms with Crippen LogP contribution in [0.25, 0.3) is 11.3 Å². The molecule has 0 aliphatic heterocycles. The first-order valence-corrected chi connectivity index (χ1v) is 9.66. The molecule has 5 nitrogen and oxygen atoms in total. The number of hydrogen-bond acceptors (Lipinski definition) is 4. The van der Waals surface area contributed by atoms with E-state index in [-0.39, 0.29) is 12.5 Å². The summed E-state index contributed by atoms with van der Waals surface area (Å²) in [6.07, 6.45) is 0. The number of amides is 1. The number of nitrogens with one attached hydrogen (secondary N) is 1. The van der Waals surface area contributed by atoms with Gasteiger partial charge in [-0.2, -0.15) is 0 Å². The zero-order valence-electron chi connectivity index (χ0n) is 15.9. The first kappa shape index (κ1) is 21.1. The van der Waals surface area contributed by atoms with Crippen molar-refractivity contribution in [2.24, 2.45) is 0 Å². The highest BCUT2D eigenvalue weighted by molar-refractivity contribution is 6.34. The zero-order valence-corrected chi connectivity index (χ0v) is 17.5. The minimum absolute atomic E-state index is 0.160.